The van der Waals surface area contributed by atoms with Crippen molar-refractivity contribution in [2.75, 3.05) is 5.32 Å². The molecule has 136 valence electrons. The molecule has 0 spiro atoms. The summed E-state index contributed by atoms with van der Waals surface area (Å²) < 4.78 is 0. The van der Waals surface area contributed by atoms with Gasteiger partial charge in [0.2, 0.25) is 11.8 Å². The average Bonchev–Trinajstić information content (AvgIpc) is 3.38. The first-order valence-electron chi connectivity index (χ1n) is 9.07. The maximum atomic E-state index is 12.5. The number of carbonyl (C=O) groups is 2. The summed E-state index contributed by atoms with van der Waals surface area (Å²) in [6.07, 6.45) is 0.621. The van der Waals surface area contributed by atoms with Gasteiger partial charge in [-0.05, 0) is 50.8 Å². The second-order valence-electron chi connectivity index (χ2n) is 7.42. The topological polar surface area (TPSA) is 58.2 Å². The molecule has 0 radical (unpaired) electrons. The number of hydrogen-bond acceptors (Lipinski definition) is 2. The predicted molar refractivity (Wildman–Crippen MR) is 104 cm³/mol. The molecular formula is C22H26N2O2. The molecular weight excluding hydrogens is 324 g/mol. The maximum Gasteiger partial charge on any atom is 0.228 e. The van der Waals surface area contributed by atoms with E-state index in [1.165, 1.54) is 11.1 Å². The summed E-state index contributed by atoms with van der Waals surface area (Å²) in [7, 11) is 0. The molecule has 0 bridgehead atoms. The second kappa shape index (κ2) is 7.32. The lowest BCUT2D eigenvalue weighted by molar-refractivity contribution is -0.125. The highest BCUT2D eigenvalue weighted by molar-refractivity contribution is 6.00. The number of nitrogens with one attached hydrogen (secondary N) is 2. The first-order valence-corrected chi connectivity index (χ1v) is 9.07. The van der Waals surface area contributed by atoms with E-state index in [1.807, 2.05) is 52.0 Å². The number of anilines is 1. The van der Waals surface area contributed by atoms with Crippen molar-refractivity contribution in [1.82, 2.24) is 5.32 Å². The lowest BCUT2D eigenvalue weighted by Gasteiger charge is -2.13. The Kier molecular flexibility index (Phi) is 5.12. The molecule has 2 amide bonds. The van der Waals surface area contributed by atoms with Crippen LogP contribution in [0.5, 0.6) is 0 Å². The summed E-state index contributed by atoms with van der Waals surface area (Å²) in [5.74, 6) is -0.543. The van der Waals surface area contributed by atoms with Gasteiger partial charge < -0.3 is 10.6 Å². The van der Waals surface area contributed by atoms with E-state index in [0.717, 1.165) is 22.4 Å². The van der Waals surface area contributed by atoms with Crippen molar-refractivity contribution in [3.63, 3.8) is 0 Å². The Morgan fingerprint density at radius 3 is 2.08 bits per heavy atom. The highest BCUT2D eigenvalue weighted by atomic mass is 16.2. The Hall–Kier alpha value is -2.62. The van der Waals surface area contributed by atoms with Crippen LogP contribution in [0.15, 0.2) is 36.4 Å². The highest BCUT2D eigenvalue weighted by Crippen LogP contribution is 2.40. The highest BCUT2D eigenvalue weighted by Gasteiger charge is 2.48. The normalized spacial score (nSPS) is 18.3. The van der Waals surface area contributed by atoms with Gasteiger partial charge >= 0.3 is 0 Å². The van der Waals surface area contributed by atoms with Crippen LogP contribution in [0.3, 0.4) is 0 Å². The molecule has 1 saturated carbocycles. The Labute approximate surface area is 155 Å². The molecule has 4 heteroatoms. The fourth-order valence-corrected chi connectivity index (χ4v) is 3.39. The van der Waals surface area contributed by atoms with Crippen molar-refractivity contribution in [2.24, 2.45) is 11.8 Å². The molecule has 26 heavy (non-hydrogen) atoms. The van der Waals surface area contributed by atoms with Crippen LogP contribution in [-0.4, -0.2) is 11.8 Å². The van der Waals surface area contributed by atoms with Gasteiger partial charge in [-0.15, -0.1) is 0 Å². The Balaban J connectivity index is 1.53. The third kappa shape index (κ3) is 4.13. The first-order chi connectivity index (χ1) is 12.3. The molecule has 0 aromatic heterocycles. The molecule has 2 N–H and O–H groups in total. The molecule has 1 aliphatic rings. The van der Waals surface area contributed by atoms with E-state index >= 15 is 0 Å². The maximum absolute atomic E-state index is 12.5. The van der Waals surface area contributed by atoms with E-state index in [2.05, 4.69) is 22.8 Å². The molecule has 2 aromatic rings. The van der Waals surface area contributed by atoms with Gasteiger partial charge in [0.05, 0.1) is 11.8 Å². The van der Waals surface area contributed by atoms with Gasteiger partial charge in [-0.1, -0.05) is 47.5 Å². The molecule has 0 saturated heterocycles. The minimum Gasteiger partial charge on any atom is -0.352 e. The van der Waals surface area contributed by atoms with Crippen LogP contribution in [0.2, 0.25) is 0 Å². The third-order valence-electron chi connectivity index (χ3n) is 4.98. The minimum atomic E-state index is -0.229. The fourth-order valence-electron chi connectivity index (χ4n) is 3.39. The summed E-state index contributed by atoms with van der Waals surface area (Å²) in [5.41, 5.74) is 6.41. The molecule has 4 nitrogen and oxygen atoms in total. The van der Waals surface area contributed by atoms with E-state index in [-0.39, 0.29) is 23.7 Å². The Bertz CT molecular complexity index is 817. The standard InChI is InChI=1S/C22H26N2O2/c1-13-5-7-17(8-6-13)12-23-21(25)18-11-19(18)22(26)24-20-15(3)9-14(2)10-16(20)4/h5-10,18-19H,11-12H2,1-4H3,(H,23,25)(H,24,26). The van der Waals surface area contributed by atoms with Gasteiger partial charge in [0.15, 0.2) is 0 Å². The average molecular weight is 350 g/mol. The number of benzene rings is 2. The Morgan fingerprint density at radius 2 is 1.46 bits per heavy atom. The van der Waals surface area contributed by atoms with Crippen molar-refractivity contribution in [2.45, 2.75) is 40.7 Å². The van der Waals surface area contributed by atoms with Crippen LogP contribution in [0, 0.1) is 39.5 Å². The molecule has 2 atom stereocenters. The van der Waals surface area contributed by atoms with Crippen molar-refractivity contribution < 1.29 is 9.59 Å². The van der Waals surface area contributed by atoms with Crippen molar-refractivity contribution in [3.8, 4) is 0 Å². The van der Waals surface area contributed by atoms with E-state index in [4.69, 9.17) is 0 Å². The number of carbonyl (C=O) groups excluding carboxylic acids is 2. The molecule has 0 aliphatic heterocycles. The van der Waals surface area contributed by atoms with Crippen LogP contribution in [0.1, 0.15) is 34.2 Å². The molecule has 2 unspecified atom stereocenters. The van der Waals surface area contributed by atoms with E-state index in [0.29, 0.717) is 13.0 Å². The fraction of sp³-hybridized carbons (Fsp3) is 0.364. The van der Waals surface area contributed by atoms with Crippen molar-refractivity contribution in [1.29, 1.82) is 0 Å². The zero-order valence-electron chi connectivity index (χ0n) is 15.8. The van der Waals surface area contributed by atoms with Crippen LogP contribution in [0.25, 0.3) is 0 Å². The van der Waals surface area contributed by atoms with Gasteiger partial charge in [0, 0.05) is 12.2 Å². The number of rotatable bonds is 5. The molecule has 1 fully saturated rings. The summed E-state index contributed by atoms with van der Waals surface area (Å²) in [5, 5.41) is 5.95. The third-order valence-corrected chi connectivity index (χ3v) is 4.98. The zero-order valence-corrected chi connectivity index (χ0v) is 15.8. The van der Waals surface area contributed by atoms with Gasteiger partial charge in [0.1, 0.15) is 0 Å². The summed E-state index contributed by atoms with van der Waals surface area (Å²) >= 11 is 0. The van der Waals surface area contributed by atoms with Crippen LogP contribution in [-0.2, 0) is 16.1 Å². The molecule has 0 heterocycles. The minimum absolute atomic E-state index is 0.0388. The van der Waals surface area contributed by atoms with Crippen molar-refractivity contribution in [3.05, 3.63) is 64.2 Å². The van der Waals surface area contributed by atoms with Crippen LogP contribution in [0.4, 0.5) is 5.69 Å². The van der Waals surface area contributed by atoms with Gasteiger partial charge in [-0.25, -0.2) is 0 Å². The zero-order chi connectivity index (χ0) is 18.8. The van der Waals surface area contributed by atoms with Crippen molar-refractivity contribution >= 4 is 17.5 Å². The van der Waals surface area contributed by atoms with Gasteiger partial charge in [-0.2, -0.15) is 0 Å². The lowest BCUT2D eigenvalue weighted by Crippen LogP contribution is -2.27. The first kappa shape index (κ1) is 18.2. The second-order valence-corrected chi connectivity index (χ2v) is 7.42. The number of aryl methyl sites for hydroxylation is 4. The van der Waals surface area contributed by atoms with Crippen LogP contribution < -0.4 is 10.6 Å². The Morgan fingerprint density at radius 1 is 0.885 bits per heavy atom. The smallest absolute Gasteiger partial charge is 0.228 e. The van der Waals surface area contributed by atoms with Gasteiger partial charge in [-0.3, -0.25) is 9.59 Å². The summed E-state index contributed by atoms with van der Waals surface area (Å²) in [6, 6.07) is 12.2. The monoisotopic (exact) mass is 350 g/mol. The summed E-state index contributed by atoms with van der Waals surface area (Å²) in [4.78, 5) is 24.8. The van der Waals surface area contributed by atoms with E-state index in [1.54, 1.807) is 0 Å². The van der Waals surface area contributed by atoms with E-state index < -0.39 is 0 Å². The molecule has 2 aromatic carbocycles. The predicted octanol–water partition coefficient (Wildman–Crippen LogP) is 3.81. The quantitative estimate of drug-likeness (QED) is 0.861. The summed E-state index contributed by atoms with van der Waals surface area (Å²) in [6.45, 7) is 8.57. The number of hydrogen-bond donors (Lipinski definition) is 2. The molecule has 1 aliphatic carbocycles. The number of amides is 2. The SMILES string of the molecule is Cc1ccc(CNC(=O)C2CC2C(=O)Nc2c(C)cc(C)cc2C)cc1. The molecule has 3 rings (SSSR count). The van der Waals surface area contributed by atoms with Gasteiger partial charge in [0.25, 0.3) is 0 Å². The lowest BCUT2D eigenvalue weighted by atomic mass is 10.0. The van der Waals surface area contributed by atoms with Crippen LogP contribution >= 0.6 is 0 Å². The van der Waals surface area contributed by atoms with E-state index in [9.17, 15) is 9.59 Å². The largest absolute Gasteiger partial charge is 0.352 e.